The van der Waals surface area contributed by atoms with Gasteiger partial charge in [-0.25, -0.2) is 9.69 Å². The van der Waals surface area contributed by atoms with Crippen molar-refractivity contribution < 1.29 is 19.1 Å². The number of hydrogen-bond donors (Lipinski definition) is 0. The van der Waals surface area contributed by atoms with Crippen molar-refractivity contribution in [1.29, 1.82) is 0 Å². The molecule has 0 fully saturated rings. The molecule has 172 valence electrons. The van der Waals surface area contributed by atoms with E-state index in [1.807, 2.05) is 60.7 Å². The molecule has 0 saturated heterocycles. The van der Waals surface area contributed by atoms with Crippen LogP contribution in [0.25, 0.3) is 0 Å². The van der Waals surface area contributed by atoms with Gasteiger partial charge in [0.05, 0.1) is 17.7 Å². The molecule has 3 atom stereocenters. The third kappa shape index (κ3) is 3.60. The molecule has 2 amide bonds. The molecule has 4 rings (SSSR count). The van der Waals surface area contributed by atoms with Gasteiger partial charge in [-0.1, -0.05) is 80.8 Å². The van der Waals surface area contributed by atoms with Crippen molar-refractivity contribution in [3.05, 3.63) is 77.4 Å². The first-order valence-corrected chi connectivity index (χ1v) is 11.9. The molecular formula is C28H31NO4. The number of unbranched alkanes of at least 4 members (excludes halogenated alkanes) is 2. The second-order valence-corrected chi connectivity index (χ2v) is 8.82. The highest BCUT2D eigenvalue weighted by Crippen LogP contribution is 2.61. The first kappa shape index (κ1) is 23.0. The van der Waals surface area contributed by atoms with E-state index in [9.17, 15) is 14.4 Å². The molecule has 1 spiro atoms. The zero-order valence-electron chi connectivity index (χ0n) is 19.5. The van der Waals surface area contributed by atoms with Crippen LogP contribution in [0.5, 0.6) is 0 Å². The highest BCUT2D eigenvalue weighted by molar-refractivity contribution is 6.23. The molecule has 1 aliphatic heterocycles. The van der Waals surface area contributed by atoms with Crippen LogP contribution in [0.1, 0.15) is 63.5 Å². The molecular weight excluding hydrogens is 414 g/mol. The van der Waals surface area contributed by atoms with Crippen LogP contribution >= 0.6 is 0 Å². The molecule has 0 saturated carbocycles. The number of esters is 1. The minimum absolute atomic E-state index is 0.248. The van der Waals surface area contributed by atoms with Crippen molar-refractivity contribution in [3.8, 4) is 0 Å². The maximum atomic E-state index is 14.3. The number of amides is 2. The highest BCUT2D eigenvalue weighted by atomic mass is 16.5. The average molecular weight is 446 g/mol. The van der Waals surface area contributed by atoms with Crippen LogP contribution in [0.3, 0.4) is 0 Å². The Balaban J connectivity index is 1.98. The van der Waals surface area contributed by atoms with Gasteiger partial charge in [-0.3, -0.25) is 9.59 Å². The van der Waals surface area contributed by atoms with E-state index in [0.29, 0.717) is 17.7 Å². The van der Waals surface area contributed by atoms with Crippen molar-refractivity contribution in [2.24, 2.45) is 5.92 Å². The van der Waals surface area contributed by atoms with E-state index in [4.69, 9.17) is 4.74 Å². The first-order chi connectivity index (χ1) is 16.0. The number of allylic oxidation sites excluding steroid dienone is 1. The summed E-state index contributed by atoms with van der Waals surface area (Å²) >= 11 is 0. The number of hydrogen-bond acceptors (Lipinski definition) is 4. The normalized spacial score (nSPS) is 23.5. The van der Waals surface area contributed by atoms with Gasteiger partial charge in [-0.05, 0) is 30.5 Å². The van der Waals surface area contributed by atoms with E-state index in [2.05, 4.69) is 6.92 Å². The Labute approximate surface area is 195 Å². The predicted octanol–water partition coefficient (Wildman–Crippen LogP) is 5.30. The molecule has 0 unspecified atom stereocenters. The Morgan fingerprint density at radius 2 is 1.70 bits per heavy atom. The van der Waals surface area contributed by atoms with E-state index < -0.39 is 5.41 Å². The molecule has 2 aromatic rings. The van der Waals surface area contributed by atoms with Crippen molar-refractivity contribution in [2.75, 3.05) is 11.5 Å². The maximum absolute atomic E-state index is 14.3. The summed E-state index contributed by atoms with van der Waals surface area (Å²) in [4.78, 5) is 41.4. The van der Waals surface area contributed by atoms with E-state index in [-0.39, 0.29) is 36.2 Å². The number of fused-ring (bicyclic) bond motifs is 2. The predicted molar refractivity (Wildman–Crippen MR) is 128 cm³/mol. The number of rotatable bonds is 7. The van der Waals surface area contributed by atoms with Gasteiger partial charge in [0.1, 0.15) is 0 Å². The SMILES string of the molecule is CCCCC[C@H]1C(C(=O)OCC)=C[C@@H](c2ccccc2)[C@]12C(=O)N(C(C)=O)c1ccccc12. The largest absolute Gasteiger partial charge is 0.463 e. The second-order valence-electron chi connectivity index (χ2n) is 8.82. The zero-order valence-corrected chi connectivity index (χ0v) is 19.5. The van der Waals surface area contributed by atoms with E-state index in [0.717, 1.165) is 30.4 Å². The lowest BCUT2D eigenvalue weighted by atomic mass is 9.63. The standard InChI is InChI=1S/C28H31NO4/c1-4-6-8-15-22-21(26(31)33-5-2)18-24(20-13-9-7-10-14-20)28(22)23-16-11-12-17-25(23)29(19(3)30)27(28)32/h7,9-14,16-18,22,24H,4-6,8,15H2,1-3H3/t22-,24-,28-/m0/s1. The van der Waals surface area contributed by atoms with Crippen molar-refractivity contribution >= 4 is 23.5 Å². The van der Waals surface area contributed by atoms with E-state index in [1.165, 1.54) is 11.8 Å². The number of imide groups is 1. The van der Waals surface area contributed by atoms with Gasteiger partial charge in [0.2, 0.25) is 11.8 Å². The minimum atomic E-state index is -1.06. The summed E-state index contributed by atoms with van der Waals surface area (Å²) in [5.74, 6) is -1.67. The molecule has 1 aliphatic carbocycles. The van der Waals surface area contributed by atoms with Crippen LogP contribution in [0.4, 0.5) is 5.69 Å². The van der Waals surface area contributed by atoms with Crippen molar-refractivity contribution in [3.63, 3.8) is 0 Å². The Hall–Kier alpha value is -3.21. The molecule has 0 bridgehead atoms. The van der Waals surface area contributed by atoms with E-state index >= 15 is 0 Å². The second kappa shape index (κ2) is 9.34. The molecule has 2 aliphatic rings. The van der Waals surface area contributed by atoms with Gasteiger partial charge in [-0.2, -0.15) is 0 Å². The van der Waals surface area contributed by atoms with Gasteiger partial charge in [0.25, 0.3) is 0 Å². The number of anilines is 1. The minimum Gasteiger partial charge on any atom is -0.463 e. The average Bonchev–Trinajstić information content (AvgIpc) is 3.29. The summed E-state index contributed by atoms with van der Waals surface area (Å²) < 4.78 is 5.45. The molecule has 2 aromatic carbocycles. The molecule has 5 heteroatoms. The topological polar surface area (TPSA) is 63.7 Å². The molecule has 0 N–H and O–H groups in total. The van der Waals surface area contributed by atoms with Crippen LogP contribution in [0.2, 0.25) is 0 Å². The van der Waals surface area contributed by atoms with Gasteiger partial charge in [0.15, 0.2) is 0 Å². The Bertz CT molecular complexity index is 1090. The Morgan fingerprint density at radius 3 is 2.36 bits per heavy atom. The lowest BCUT2D eigenvalue weighted by Crippen LogP contribution is -2.49. The van der Waals surface area contributed by atoms with Gasteiger partial charge >= 0.3 is 5.97 Å². The first-order valence-electron chi connectivity index (χ1n) is 11.9. The third-order valence-electron chi connectivity index (χ3n) is 6.99. The summed E-state index contributed by atoms with van der Waals surface area (Å²) in [6, 6.07) is 17.3. The van der Waals surface area contributed by atoms with Crippen molar-refractivity contribution in [1.82, 2.24) is 0 Å². The zero-order chi connectivity index (χ0) is 23.6. The number of benzene rings is 2. The fourth-order valence-corrected chi connectivity index (χ4v) is 5.69. The fraction of sp³-hybridized carbons (Fsp3) is 0.393. The van der Waals surface area contributed by atoms with Crippen LogP contribution in [-0.4, -0.2) is 24.4 Å². The molecule has 33 heavy (non-hydrogen) atoms. The lowest BCUT2D eigenvalue weighted by Gasteiger charge is -2.37. The number of nitrogens with zero attached hydrogens (tertiary/aromatic N) is 1. The van der Waals surface area contributed by atoms with Crippen molar-refractivity contribution in [2.45, 2.75) is 57.8 Å². The number of ether oxygens (including phenoxy) is 1. The summed E-state index contributed by atoms with van der Waals surface area (Å²) in [6.07, 6.45) is 5.53. The molecule has 0 aromatic heterocycles. The van der Waals surface area contributed by atoms with Gasteiger partial charge < -0.3 is 4.74 Å². The van der Waals surface area contributed by atoms with Gasteiger partial charge in [-0.15, -0.1) is 0 Å². The van der Waals surface area contributed by atoms with Crippen LogP contribution in [0, 0.1) is 5.92 Å². The van der Waals surface area contributed by atoms with Crippen LogP contribution in [0.15, 0.2) is 66.2 Å². The Morgan fingerprint density at radius 1 is 1.00 bits per heavy atom. The molecule has 5 nitrogen and oxygen atoms in total. The summed E-state index contributed by atoms with van der Waals surface area (Å²) in [6.45, 7) is 5.61. The summed E-state index contributed by atoms with van der Waals surface area (Å²) in [5, 5.41) is 0. The third-order valence-corrected chi connectivity index (χ3v) is 6.99. The smallest absolute Gasteiger partial charge is 0.334 e. The van der Waals surface area contributed by atoms with Crippen LogP contribution < -0.4 is 4.90 Å². The summed E-state index contributed by atoms with van der Waals surface area (Å²) in [7, 11) is 0. The maximum Gasteiger partial charge on any atom is 0.334 e. The molecule has 0 radical (unpaired) electrons. The van der Waals surface area contributed by atoms with Crippen LogP contribution in [-0.2, 0) is 24.5 Å². The quantitative estimate of drug-likeness (QED) is 0.428. The monoisotopic (exact) mass is 445 g/mol. The fourth-order valence-electron chi connectivity index (χ4n) is 5.69. The summed E-state index contributed by atoms with van der Waals surface area (Å²) in [5.41, 5.74) is 1.88. The highest BCUT2D eigenvalue weighted by Gasteiger charge is 2.64. The molecule has 1 heterocycles. The number of carbonyl (C=O) groups excluding carboxylic acids is 3. The Kier molecular flexibility index (Phi) is 6.50. The van der Waals surface area contributed by atoms with Gasteiger partial charge in [0, 0.05) is 24.3 Å². The van der Waals surface area contributed by atoms with E-state index in [1.54, 1.807) is 6.92 Å². The number of para-hydroxylation sites is 1. The number of carbonyl (C=O) groups is 3. The lowest BCUT2D eigenvalue weighted by molar-refractivity contribution is -0.139.